The Balaban J connectivity index is 1.96. The number of nitrogens with zero attached hydrogens (tertiary/aromatic N) is 1. The Labute approximate surface area is 111 Å². The molecule has 2 atom stereocenters. The van der Waals surface area contributed by atoms with E-state index >= 15 is 0 Å². The third-order valence-electron chi connectivity index (χ3n) is 4.18. The van der Waals surface area contributed by atoms with Gasteiger partial charge in [-0.15, -0.1) is 0 Å². The molecule has 2 saturated heterocycles. The minimum absolute atomic E-state index is 0.106. The Bertz CT molecular complexity index is 289. The summed E-state index contributed by atoms with van der Waals surface area (Å²) in [7, 11) is 0. The van der Waals surface area contributed by atoms with E-state index in [1.54, 1.807) is 0 Å². The van der Waals surface area contributed by atoms with E-state index in [0.717, 1.165) is 19.6 Å². The molecule has 0 spiro atoms. The molecular weight excluding hydrogens is 224 g/mol. The summed E-state index contributed by atoms with van der Waals surface area (Å²) >= 11 is 0. The quantitative estimate of drug-likeness (QED) is 0.818. The third-order valence-corrected chi connectivity index (χ3v) is 4.18. The average Bonchev–Trinajstić information content (AvgIpc) is 2.76. The molecule has 2 rings (SSSR count). The monoisotopic (exact) mass is 252 g/mol. The van der Waals surface area contributed by atoms with Crippen LogP contribution in [-0.2, 0) is 4.79 Å². The highest BCUT2D eigenvalue weighted by Gasteiger charge is 2.35. The van der Waals surface area contributed by atoms with Crippen LogP contribution in [-0.4, -0.2) is 36.5 Å². The summed E-state index contributed by atoms with van der Waals surface area (Å²) in [6, 6.07) is 0.507. The Morgan fingerprint density at radius 1 is 1.28 bits per heavy atom. The van der Waals surface area contributed by atoms with Crippen molar-refractivity contribution in [1.29, 1.82) is 0 Å². The summed E-state index contributed by atoms with van der Waals surface area (Å²) in [6.45, 7) is 9.69. The predicted octanol–water partition coefficient (Wildman–Crippen LogP) is 2.41. The van der Waals surface area contributed by atoms with Crippen LogP contribution in [0.3, 0.4) is 0 Å². The highest BCUT2D eigenvalue weighted by atomic mass is 16.2. The van der Waals surface area contributed by atoms with E-state index in [1.165, 1.54) is 25.7 Å². The van der Waals surface area contributed by atoms with Crippen molar-refractivity contribution in [2.24, 2.45) is 11.3 Å². The molecule has 3 nitrogen and oxygen atoms in total. The number of carbonyl (C=O) groups excluding carboxylic acids is 1. The molecule has 1 amide bonds. The Morgan fingerprint density at radius 2 is 2.06 bits per heavy atom. The van der Waals surface area contributed by atoms with Gasteiger partial charge in [0.2, 0.25) is 5.91 Å². The van der Waals surface area contributed by atoms with Crippen molar-refractivity contribution >= 4 is 5.91 Å². The lowest BCUT2D eigenvalue weighted by Gasteiger charge is -2.35. The normalized spacial score (nSPS) is 29.6. The third kappa shape index (κ3) is 3.47. The summed E-state index contributed by atoms with van der Waals surface area (Å²) in [6.07, 6.45) is 5.64. The minimum Gasteiger partial charge on any atom is -0.339 e. The molecule has 0 bridgehead atoms. The number of carbonyl (C=O) groups is 1. The van der Waals surface area contributed by atoms with Crippen LogP contribution >= 0.6 is 0 Å². The van der Waals surface area contributed by atoms with E-state index in [-0.39, 0.29) is 5.41 Å². The zero-order valence-corrected chi connectivity index (χ0v) is 12.2. The molecule has 18 heavy (non-hydrogen) atoms. The van der Waals surface area contributed by atoms with E-state index in [4.69, 9.17) is 0 Å². The largest absolute Gasteiger partial charge is 0.339 e. The molecule has 0 saturated carbocycles. The van der Waals surface area contributed by atoms with Crippen LogP contribution < -0.4 is 5.32 Å². The SMILES string of the molecule is CC(C)(C)CC(=O)N1CCCC1C1CCCNC1. The van der Waals surface area contributed by atoms with Crippen molar-refractivity contribution in [2.75, 3.05) is 19.6 Å². The van der Waals surface area contributed by atoms with Crippen molar-refractivity contribution in [1.82, 2.24) is 10.2 Å². The van der Waals surface area contributed by atoms with Crippen molar-refractivity contribution in [3.63, 3.8) is 0 Å². The molecule has 2 fully saturated rings. The van der Waals surface area contributed by atoms with Gasteiger partial charge in [-0.05, 0) is 50.1 Å². The van der Waals surface area contributed by atoms with Gasteiger partial charge in [-0.2, -0.15) is 0 Å². The average molecular weight is 252 g/mol. The maximum absolute atomic E-state index is 12.4. The van der Waals surface area contributed by atoms with Gasteiger partial charge in [0.25, 0.3) is 0 Å². The molecular formula is C15H28N2O. The van der Waals surface area contributed by atoms with Crippen LogP contribution in [0.4, 0.5) is 0 Å². The number of amides is 1. The second-order valence-electron chi connectivity index (χ2n) is 7.14. The fraction of sp³-hybridized carbons (Fsp3) is 0.933. The van der Waals surface area contributed by atoms with E-state index in [2.05, 4.69) is 31.0 Å². The van der Waals surface area contributed by atoms with Crippen LogP contribution in [0.15, 0.2) is 0 Å². The van der Waals surface area contributed by atoms with Crippen molar-refractivity contribution in [3.8, 4) is 0 Å². The number of rotatable bonds is 2. The van der Waals surface area contributed by atoms with Gasteiger partial charge < -0.3 is 10.2 Å². The number of hydrogen-bond acceptors (Lipinski definition) is 2. The first-order valence-corrected chi connectivity index (χ1v) is 7.47. The lowest BCUT2D eigenvalue weighted by molar-refractivity contribution is -0.135. The Kier molecular flexibility index (Phi) is 4.31. The molecule has 2 aliphatic heterocycles. The molecule has 0 radical (unpaired) electrons. The van der Waals surface area contributed by atoms with Gasteiger partial charge in [0.05, 0.1) is 0 Å². The van der Waals surface area contributed by atoms with Crippen molar-refractivity contribution < 1.29 is 4.79 Å². The summed E-state index contributed by atoms with van der Waals surface area (Å²) in [5, 5.41) is 3.48. The van der Waals surface area contributed by atoms with Crippen molar-refractivity contribution in [2.45, 2.75) is 58.9 Å². The molecule has 2 aliphatic rings. The van der Waals surface area contributed by atoms with E-state index in [9.17, 15) is 4.79 Å². The molecule has 2 unspecified atom stereocenters. The molecule has 0 aromatic rings. The fourth-order valence-corrected chi connectivity index (χ4v) is 3.35. The van der Waals surface area contributed by atoms with Crippen LogP contribution in [0.25, 0.3) is 0 Å². The molecule has 1 N–H and O–H groups in total. The highest BCUT2D eigenvalue weighted by Crippen LogP contribution is 2.30. The maximum Gasteiger partial charge on any atom is 0.223 e. The van der Waals surface area contributed by atoms with Gasteiger partial charge >= 0.3 is 0 Å². The summed E-state index contributed by atoms with van der Waals surface area (Å²) < 4.78 is 0. The van der Waals surface area contributed by atoms with Gasteiger partial charge in [-0.1, -0.05) is 20.8 Å². The molecule has 3 heteroatoms. The number of piperidine rings is 1. The first-order valence-electron chi connectivity index (χ1n) is 7.47. The highest BCUT2D eigenvalue weighted by molar-refractivity contribution is 5.77. The smallest absolute Gasteiger partial charge is 0.223 e. The summed E-state index contributed by atoms with van der Waals surface area (Å²) in [4.78, 5) is 14.6. The molecule has 0 aromatic heterocycles. The van der Waals surface area contributed by atoms with Crippen LogP contribution in [0.1, 0.15) is 52.9 Å². The zero-order valence-electron chi connectivity index (χ0n) is 12.2. The zero-order chi connectivity index (χ0) is 13.2. The lowest BCUT2D eigenvalue weighted by Crippen LogP contribution is -2.46. The van der Waals surface area contributed by atoms with Gasteiger partial charge in [0.15, 0.2) is 0 Å². The van der Waals surface area contributed by atoms with Gasteiger partial charge in [0, 0.05) is 19.0 Å². The molecule has 0 aliphatic carbocycles. The van der Waals surface area contributed by atoms with Crippen LogP contribution in [0.5, 0.6) is 0 Å². The molecule has 104 valence electrons. The second-order valence-corrected chi connectivity index (χ2v) is 7.14. The number of nitrogens with one attached hydrogen (secondary N) is 1. The predicted molar refractivity (Wildman–Crippen MR) is 74.4 cm³/mol. The van der Waals surface area contributed by atoms with Gasteiger partial charge in [-0.25, -0.2) is 0 Å². The first-order chi connectivity index (χ1) is 8.47. The Hall–Kier alpha value is -0.570. The van der Waals surface area contributed by atoms with Crippen LogP contribution in [0, 0.1) is 11.3 Å². The minimum atomic E-state index is 0.106. The Morgan fingerprint density at radius 3 is 2.67 bits per heavy atom. The number of hydrogen-bond donors (Lipinski definition) is 1. The topological polar surface area (TPSA) is 32.3 Å². The van der Waals surface area contributed by atoms with Crippen molar-refractivity contribution in [3.05, 3.63) is 0 Å². The summed E-state index contributed by atoms with van der Waals surface area (Å²) in [5.41, 5.74) is 0.106. The summed E-state index contributed by atoms with van der Waals surface area (Å²) in [5.74, 6) is 1.06. The molecule has 0 aromatic carbocycles. The van der Waals surface area contributed by atoms with E-state index in [0.29, 0.717) is 24.3 Å². The lowest BCUT2D eigenvalue weighted by atomic mass is 9.88. The van der Waals surface area contributed by atoms with Crippen LogP contribution in [0.2, 0.25) is 0 Å². The molecule has 2 heterocycles. The van der Waals surface area contributed by atoms with E-state index < -0.39 is 0 Å². The number of likely N-dealkylation sites (tertiary alicyclic amines) is 1. The van der Waals surface area contributed by atoms with Gasteiger partial charge in [0.1, 0.15) is 0 Å². The second kappa shape index (κ2) is 5.60. The van der Waals surface area contributed by atoms with Gasteiger partial charge in [-0.3, -0.25) is 4.79 Å². The standard InChI is InChI=1S/C15H28N2O/c1-15(2,3)10-14(18)17-9-5-7-13(17)12-6-4-8-16-11-12/h12-13,16H,4-11H2,1-3H3. The fourth-order valence-electron chi connectivity index (χ4n) is 3.35. The van der Waals surface area contributed by atoms with E-state index in [1.807, 2.05) is 0 Å². The first kappa shape index (κ1) is 13.9. The maximum atomic E-state index is 12.4.